The molecule has 0 bridgehead atoms. The molecule has 0 aliphatic heterocycles. The summed E-state index contributed by atoms with van der Waals surface area (Å²) in [5.41, 5.74) is 8.77. The van der Waals surface area contributed by atoms with E-state index in [2.05, 4.69) is 10.1 Å². The van der Waals surface area contributed by atoms with E-state index in [4.69, 9.17) is 5.73 Å². The smallest absolute Gasteiger partial charge is 0.145 e. The summed E-state index contributed by atoms with van der Waals surface area (Å²) in [6, 6.07) is 4.56. The fraction of sp³-hybridized carbons (Fsp3) is 0.0769. The highest BCUT2D eigenvalue weighted by atomic mass is 32.1. The number of nitrogens with zero attached hydrogens (tertiary/aromatic N) is 3. The van der Waals surface area contributed by atoms with E-state index in [1.807, 2.05) is 12.3 Å². The number of nitrogens with two attached hydrogens (primary N) is 1. The summed E-state index contributed by atoms with van der Waals surface area (Å²) in [6.07, 6.45) is 3.43. The summed E-state index contributed by atoms with van der Waals surface area (Å²) < 4.78 is 14.8. The quantitative estimate of drug-likeness (QED) is 0.781. The number of hydrogen-bond donors (Lipinski definition) is 1. The van der Waals surface area contributed by atoms with E-state index in [0.717, 1.165) is 16.3 Å². The summed E-state index contributed by atoms with van der Waals surface area (Å²) in [5.74, 6) is -0.262. The third-order valence-corrected chi connectivity index (χ3v) is 3.56. The van der Waals surface area contributed by atoms with Crippen LogP contribution in [0.5, 0.6) is 0 Å². The molecule has 0 aliphatic rings. The van der Waals surface area contributed by atoms with Gasteiger partial charge < -0.3 is 5.73 Å². The van der Waals surface area contributed by atoms with E-state index < -0.39 is 0 Å². The van der Waals surface area contributed by atoms with Crippen LogP contribution in [-0.2, 0) is 0 Å². The predicted molar refractivity (Wildman–Crippen MR) is 73.8 cm³/mol. The Hall–Kier alpha value is -2.21. The highest BCUT2D eigenvalue weighted by molar-refractivity contribution is 7.13. The highest BCUT2D eigenvalue weighted by Crippen LogP contribution is 2.27. The van der Waals surface area contributed by atoms with Crippen LogP contribution in [0.3, 0.4) is 0 Å². The molecule has 2 aromatic heterocycles. The maximum atomic E-state index is 13.1. The van der Waals surface area contributed by atoms with Crippen molar-refractivity contribution in [2.24, 2.45) is 0 Å². The van der Waals surface area contributed by atoms with Crippen molar-refractivity contribution in [1.82, 2.24) is 14.8 Å². The first-order valence-corrected chi connectivity index (χ1v) is 6.54. The van der Waals surface area contributed by atoms with Crippen molar-refractivity contribution in [2.75, 3.05) is 5.73 Å². The van der Waals surface area contributed by atoms with Crippen LogP contribution in [-0.4, -0.2) is 14.8 Å². The van der Waals surface area contributed by atoms with Gasteiger partial charge in [0.25, 0.3) is 0 Å². The molecule has 0 saturated heterocycles. The molecule has 0 aliphatic carbocycles. The number of anilines is 1. The molecule has 0 unspecified atom stereocenters. The Labute approximate surface area is 113 Å². The average Bonchev–Trinajstić information content (AvgIpc) is 2.98. The van der Waals surface area contributed by atoms with Crippen molar-refractivity contribution < 1.29 is 4.39 Å². The van der Waals surface area contributed by atoms with Gasteiger partial charge in [-0.15, -0.1) is 11.3 Å². The minimum absolute atomic E-state index is 0.262. The molecule has 0 amide bonds. The van der Waals surface area contributed by atoms with Crippen molar-refractivity contribution in [3.8, 4) is 16.4 Å². The molecular weight excluding hydrogens is 263 g/mol. The fourth-order valence-electron chi connectivity index (χ4n) is 1.89. The van der Waals surface area contributed by atoms with Gasteiger partial charge in [0.1, 0.15) is 16.5 Å². The largest absolute Gasteiger partial charge is 0.396 e. The van der Waals surface area contributed by atoms with Gasteiger partial charge in [-0.25, -0.2) is 14.1 Å². The van der Waals surface area contributed by atoms with Gasteiger partial charge in [0.2, 0.25) is 0 Å². The molecule has 4 nitrogen and oxygen atoms in total. The molecule has 0 radical (unpaired) electrons. The van der Waals surface area contributed by atoms with Gasteiger partial charge in [-0.05, 0) is 30.7 Å². The number of halogens is 1. The Bertz CT molecular complexity index is 718. The van der Waals surface area contributed by atoms with Crippen molar-refractivity contribution in [1.29, 1.82) is 0 Å². The van der Waals surface area contributed by atoms with Crippen LogP contribution in [0.4, 0.5) is 10.1 Å². The fourth-order valence-corrected chi connectivity index (χ4v) is 2.54. The molecule has 2 heterocycles. The van der Waals surface area contributed by atoms with Crippen LogP contribution in [0.2, 0.25) is 0 Å². The maximum Gasteiger partial charge on any atom is 0.145 e. The van der Waals surface area contributed by atoms with Gasteiger partial charge in [-0.2, -0.15) is 5.10 Å². The van der Waals surface area contributed by atoms with Crippen LogP contribution in [0.1, 0.15) is 5.56 Å². The molecule has 96 valence electrons. The standard InChI is InChI=1S/C13H11FN4S/c1-8-6-9(14)2-3-11(8)18-7-10(15)12(17-18)13-16-4-5-19-13/h2-7H,15H2,1H3. The number of rotatable bonds is 2. The number of aryl methyl sites for hydroxylation is 1. The SMILES string of the molecule is Cc1cc(F)ccc1-n1cc(N)c(-c2nccs2)n1. The molecule has 19 heavy (non-hydrogen) atoms. The van der Waals surface area contributed by atoms with Crippen LogP contribution in [0.25, 0.3) is 16.4 Å². The van der Waals surface area contributed by atoms with E-state index in [1.54, 1.807) is 23.1 Å². The molecule has 6 heteroatoms. The first-order valence-electron chi connectivity index (χ1n) is 5.66. The molecule has 0 saturated carbocycles. The van der Waals surface area contributed by atoms with E-state index in [0.29, 0.717) is 11.4 Å². The van der Waals surface area contributed by atoms with Gasteiger partial charge in [-0.3, -0.25) is 0 Å². The molecule has 0 fully saturated rings. The third-order valence-electron chi connectivity index (χ3n) is 2.78. The molecule has 1 aromatic carbocycles. The molecular formula is C13H11FN4S. The zero-order chi connectivity index (χ0) is 13.4. The minimum Gasteiger partial charge on any atom is -0.396 e. The molecule has 2 N–H and O–H groups in total. The summed E-state index contributed by atoms with van der Waals surface area (Å²) in [7, 11) is 0. The second kappa shape index (κ2) is 4.47. The Morgan fingerprint density at radius 2 is 2.21 bits per heavy atom. The zero-order valence-corrected chi connectivity index (χ0v) is 11.0. The zero-order valence-electron chi connectivity index (χ0n) is 10.2. The summed E-state index contributed by atoms with van der Waals surface area (Å²) in [4.78, 5) is 4.19. The number of benzene rings is 1. The van der Waals surface area contributed by atoms with Gasteiger partial charge in [0.15, 0.2) is 0 Å². The second-order valence-electron chi connectivity index (χ2n) is 4.15. The van der Waals surface area contributed by atoms with Crippen LogP contribution < -0.4 is 5.73 Å². The Morgan fingerprint density at radius 1 is 1.37 bits per heavy atom. The molecule has 3 aromatic rings. The average molecular weight is 274 g/mol. The lowest BCUT2D eigenvalue weighted by molar-refractivity contribution is 0.625. The summed E-state index contributed by atoms with van der Waals surface area (Å²) in [5, 5.41) is 7.08. The van der Waals surface area contributed by atoms with E-state index >= 15 is 0 Å². The topological polar surface area (TPSA) is 56.7 Å². The minimum atomic E-state index is -0.262. The van der Waals surface area contributed by atoms with Crippen molar-refractivity contribution in [3.05, 3.63) is 47.4 Å². The third kappa shape index (κ3) is 2.10. The molecule has 3 rings (SSSR count). The van der Waals surface area contributed by atoms with E-state index in [9.17, 15) is 4.39 Å². The first-order chi connectivity index (χ1) is 9.15. The lowest BCUT2D eigenvalue weighted by Crippen LogP contribution is -1.98. The summed E-state index contributed by atoms with van der Waals surface area (Å²) in [6.45, 7) is 1.83. The van der Waals surface area contributed by atoms with Crippen LogP contribution in [0.15, 0.2) is 36.0 Å². The van der Waals surface area contributed by atoms with Crippen molar-refractivity contribution >= 4 is 17.0 Å². The van der Waals surface area contributed by atoms with Crippen molar-refractivity contribution in [2.45, 2.75) is 6.92 Å². The normalized spacial score (nSPS) is 10.8. The monoisotopic (exact) mass is 274 g/mol. The lowest BCUT2D eigenvalue weighted by Gasteiger charge is -2.05. The Kier molecular flexibility index (Phi) is 2.79. The number of thiazole rings is 1. The van der Waals surface area contributed by atoms with Gasteiger partial charge in [0.05, 0.1) is 17.6 Å². The lowest BCUT2D eigenvalue weighted by atomic mass is 10.2. The van der Waals surface area contributed by atoms with Gasteiger partial charge >= 0.3 is 0 Å². The molecule has 0 atom stereocenters. The van der Waals surface area contributed by atoms with E-state index in [1.165, 1.54) is 23.5 Å². The van der Waals surface area contributed by atoms with Gasteiger partial charge in [0, 0.05) is 11.6 Å². The Morgan fingerprint density at radius 3 is 2.89 bits per heavy atom. The van der Waals surface area contributed by atoms with E-state index in [-0.39, 0.29) is 5.82 Å². The Balaban J connectivity index is 2.10. The summed E-state index contributed by atoms with van der Waals surface area (Å²) >= 11 is 1.48. The second-order valence-corrected chi connectivity index (χ2v) is 5.04. The predicted octanol–water partition coefficient (Wildman–Crippen LogP) is 3.03. The first kappa shape index (κ1) is 11.9. The van der Waals surface area contributed by atoms with Crippen LogP contribution in [0, 0.1) is 12.7 Å². The highest BCUT2D eigenvalue weighted by Gasteiger charge is 2.12. The van der Waals surface area contributed by atoms with Crippen LogP contribution >= 0.6 is 11.3 Å². The maximum absolute atomic E-state index is 13.1. The number of hydrogen-bond acceptors (Lipinski definition) is 4. The van der Waals surface area contributed by atoms with Gasteiger partial charge in [-0.1, -0.05) is 0 Å². The number of nitrogen functional groups attached to an aromatic ring is 1. The van der Waals surface area contributed by atoms with Crippen molar-refractivity contribution in [3.63, 3.8) is 0 Å². The molecule has 0 spiro atoms. The number of aromatic nitrogens is 3.